The Kier molecular flexibility index (Phi) is 6.69. The number of amides is 2. The molecule has 1 unspecified atom stereocenters. The molecule has 1 saturated heterocycles. The molecule has 2 rings (SSSR count). The quantitative estimate of drug-likeness (QED) is 0.797. The Hall–Kier alpha value is -1.52. The first-order valence-electron chi connectivity index (χ1n) is 9.29. The van der Waals surface area contributed by atoms with Gasteiger partial charge in [0.25, 0.3) is 0 Å². The molecule has 0 aromatic carbocycles. The minimum atomic E-state index is -0.500. The lowest BCUT2D eigenvalue weighted by atomic mass is 9.96. The number of likely N-dealkylation sites (tertiary alicyclic amines) is 1. The van der Waals surface area contributed by atoms with Gasteiger partial charge in [-0.15, -0.1) is 0 Å². The number of carbonyl (C=O) groups is 2. The number of rotatable bonds is 4. The van der Waals surface area contributed by atoms with E-state index in [-0.39, 0.29) is 17.9 Å². The Balaban J connectivity index is 1.75. The van der Waals surface area contributed by atoms with Gasteiger partial charge in [0.1, 0.15) is 5.60 Å². The van der Waals surface area contributed by atoms with Crippen molar-refractivity contribution in [3.8, 4) is 0 Å². The predicted octanol–water partition coefficient (Wildman–Crippen LogP) is 3.64. The molecule has 0 bridgehead atoms. The van der Waals surface area contributed by atoms with Gasteiger partial charge in [-0.2, -0.15) is 0 Å². The summed E-state index contributed by atoms with van der Waals surface area (Å²) < 4.78 is 5.41. The van der Waals surface area contributed by atoms with Gasteiger partial charge in [-0.05, 0) is 65.7 Å². The fraction of sp³-hybridized carbons (Fsp3) is 0.789. The van der Waals surface area contributed by atoms with Crippen LogP contribution >= 0.6 is 0 Å². The van der Waals surface area contributed by atoms with Crippen molar-refractivity contribution >= 4 is 12.0 Å². The molecule has 1 fully saturated rings. The number of nitrogens with zero attached hydrogens (tertiary/aromatic N) is 1. The molecule has 5 heteroatoms. The largest absolute Gasteiger partial charge is 0.444 e. The summed E-state index contributed by atoms with van der Waals surface area (Å²) in [6.45, 7) is 7.42. The number of ether oxygens (including phenoxy) is 1. The molecular weight excluding hydrogens is 304 g/mol. The van der Waals surface area contributed by atoms with Crippen molar-refractivity contribution in [2.24, 2.45) is 5.92 Å². The molecular formula is C19H32N2O3. The summed E-state index contributed by atoms with van der Waals surface area (Å²) in [7, 11) is 0. The molecule has 0 saturated carbocycles. The van der Waals surface area contributed by atoms with Crippen LogP contribution in [0.15, 0.2) is 11.6 Å². The SMILES string of the molecule is CC(C)(C)OC(=O)N1CCCC(C(=O)NCCC2=CCCCC2)C1. The predicted molar refractivity (Wildman–Crippen MR) is 94.7 cm³/mol. The Morgan fingerprint density at radius 1 is 1.29 bits per heavy atom. The van der Waals surface area contributed by atoms with Gasteiger partial charge in [0.15, 0.2) is 0 Å². The van der Waals surface area contributed by atoms with E-state index in [4.69, 9.17) is 4.74 Å². The van der Waals surface area contributed by atoms with Gasteiger partial charge in [-0.3, -0.25) is 4.79 Å². The molecule has 24 heavy (non-hydrogen) atoms. The van der Waals surface area contributed by atoms with Crippen LogP contribution in [0, 0.1) is 5.92 Å². The van der Waals surface area contributed by atoms with Crippen LogP contribution in [0.1, 0.15) is 65.7 Å². The van der Waals surface area contributed by atoms with Crippen molar-refractivity contribution in [2.45, 2.75) is 71.3 Å². The maximum Gasteiger partial charge on any atom is 0.410 e. The van der Waals surface area contributed by atoms with E-state index in [1.165, 1.54) is 31.3 Å². The van der Waals surface area contributed by atoms with Gasteiger partial charge < -0.3 is 15.0 Å². The summed E-state index contributed by atoms with van der Waals surface area (Å²) in [5, 5.41) is 3.05. The Labute approximate surface area is 145 Å². The summed E-state index contributed by atoms with van der Waals surface area (Å²) in [5.41, 5.74) is 0.973. The molecule has 5 nitrogen and oxygen atoms in total. The number of piperidine rings is 1. The number of hydrogen-bond donors (Lipinski definition) is 1. The van der Waals surface area contributed by atoms with Crippen LogP contribution in [0.2, 0.25) is 0 Å². The average Bonchev–Trinajstić information content (AvgIpc) is 2.54. The van der Waals surface area contributed by atoms with Crippen LogP contribution in [0.5, 0.6) is 0 Å². The molecule has 1 aliphatic carbocycles. The third-order valence-corrected chi connectivity index (χ3v) is 4.57. The first-order chi connectivity index (χ1) is 11.3. The molecule has 0 radical (unpaired) electrons. The summed E-state index contributed by atoms with van der Waals surface area (Å²) in [6, 6.07) is 0. The van der Waals surface area contributed by atoms with E-state index in [1.54, 1.807) is 4.90 Å². The second-order valence-corrected chi connectivity index (χ2v) is 7.91. The molecule has 1 heterocycles. The highest BCUT2D eigenvalue weighted by Crippen LogP contribution is 2.21. The summed E-state index contributed by atoms with van der Waals surface area (Å²) in [4.78, 5) is 26.2. The van der Waals surface area contributed by atoms with Gasteiger partial charge in [0.05, 0.1) is 5.92 Å². The number of hydrogen-bond acceptors (Lipinski definition) is 3. The first-order valence-corrected chi connectivity index (χ1v) is 9.29. The number of nitrogens with one attached hydrogen (secondary N) is 1. The zero-order valence-electron chi connectivity index (χ0n) is 15.4. The Morgan fingerprint density at radius 3 is 2.75 bits per heavy atom. The van der Waals surface area contributed by atoms with Gasteiger partial charge >= 0.3 is 6.09 Å². The standard InChI is InChI=1S/C19H32N2O3/c1-19(2,3)24-18(23)21-13-7-10-16(14-21)17(22)20-12-11-15-8-5-4-6-9-15/h8,16H,4-7,9-14H2,1-3H3,(H,20,22). The summed E-state index contributed by atoms with van der Waals surface area (Å²) in [6.07, 6.45) is 9.56. The normalized spacial score (nSPS) is 21.9. The van der Waals surface area contributed by atoms with Gasteiger partial charge in [-0.25, -0.2) is 4.79 Å². The molecule has 2 amide bonds. The van der Waals surface area contributed by atoms with Crippen LogP contribution in [0.4, 0.5) is 4.79 Å². The van der Waals surface area contributed by atoms with Crippen LogP contribution in [0.3, 0.4) is 0 Å². The van der Waals surface area contributed by atoms with E-state index in [0.717, 1.165) is 19.3 Å². The average molecular weight is 336 g/mol. The minimum Gasteiger partial charge on any atom is -0.444 e. The number of carbonyl (C=O) groups excluding carboxylic acids is 2. The van der Waals surface area contributed by atoms with Crippen LogP contribution < -0.4 is 5.32 Å². The lowest BCUT2D eigenvalue weighted by Gasteiger charge is -2.33. The second-order valence-electron chi connectivity index (χ2n) is 7.91. The maximum atomic E-state index is 12.4. The fourth-order valence-electron chi connectivity index (χ4n) is 3.31. The zero-order valence-corrected chi connectivity index (χ0v) is 15.4. The van der Waals surface area contributed by atoms with Gasteiger partial charge in [0.2, 0.25) is 5.91 Å². The van der Waals surface area contributed by atoms with Crippen molar-refractivity contribution in [3.05, 3.63) is 11.6 Å². The summed E-state index contributed by atoms with van der Waals surface area (Å²) in [5.74, 6) is -0.0497. The topological polar surface area (TPSA) is 58.6 Å². The molecule has 1 N–H and O–H groups in total. The van der Waals surface area contributed by atoms with E-state index in [2.05, 4.69) is 11.4 Å². The first kappa shape index (κ1) is 18.8. The molecule has 2 aliphatic rings. The van der Waals surface area contributed by atoms with Crippen molar-refractivity contribution < 1.29 is 14.3 Å². The van der Waals surface area contributed by atoms with Crippen molar-refractivity contribution in [1.82, 2.24) is 10.2 Å². The molecule has 0 spiro atoms. The van der Waals surface area contributed by atoms with Crippen LogP contribution in [-0.2, 0) is 9.53 Å². The molecule has 1 atom stereocenters. The highest BCUT2D eigenvalue weighted by atomic mass is 16.6. The molecule has 0 aromatic rings. The van der Waals surface area contributed by atoms with E-state index in [9.17, 15) is 9.59 Å². The molecule has 136 valence electrons. The molecule has 0 aromatic heterocycles. The van der Waals surface area contributed by atoms with E-state index >= 15 is 0 Å². The van der Waals surface area contributed by atoms with Gasteiger partial charge in [-0.1, -0.05) is 11.6 Å². The van der Waals surface area contributed by atoms with Crippen molar-refractivity contribution in [3.63, 3.8) is 0 Å². The highest BCUT2D eigenvalue weighted by Gasteiger charge is 2.30. The second kappa shape index (κ2) is 8.54. The smallest absolute Gasteiger partial charge is 0.410 e. The monoisotopic (exact) mass is 336 g/mol. The third-order valence-electron chi connectivity index (χ3n) is 4.57. The Bertz CT molecular complexity index is 479. The van der Waals surface area contributed by atoms with E-state index < -0.39 is 5.60 Å². The van der Waals surface area contributed by atoms with Crippen molar-refractivity contribution in [2.75, 3.05) is 19.6 Å². The van der Waals surface area contributed by atoms with Crippen LogP contribution in [-0.4, -0.2) is 42.1 Å². The van der Waals surface area contributed by atoms with Crippen LogP contribution in [0.25, 0.3) is 0 Å². The lowest BCUT2D eigenvalue weighted by molar-refractivity contribution is -0.126. The van der Waals surface area contributed by atoms with E-state index in [0.29, 0.717) is 19.6 Å². The summed E-state index contributed by atoms with van der Waals surface area (Å²) >= 11 is 0. The lowest BCUT2D eigenvalue weighted by Crippen LogP contribution is -2.47. The zero-order chi connectivity index (χ0) is 17.6. The Morgan fingerprint density at radius 2 is 2.08 bits per heavy atom. The van der Waals surface area contributed by atoms with Crippen molar-refractivity contribution in [1.29, 1.82) is 0 Å². The minimum absolute atomic E-state index is 0.0691. The molecule has 1 aliphatic heterocycles. The number of allylic oxidation sites excluding steroid dienone is 1. The van der Waals surface area contributed by atoms with Gasteiger partial charge in [0, 0.05) is 19.6 Å². The maximum absolute atomic E-state index is 12.4. The fourth-order valence-corrected chi connectivity index (χ4v) is 3.31. The third kappa shape index (κ3) is 6.17. The highest BCUT2D eigenvalue weighted by molar-refractivity contribution is 5.80. The van der Waals surface area contributed by atoms with E-state index in [1.807, 2.05) is 20.8 Å².